The lowest BCUT2D eigenvalue weighted by Crippen LogP contribution is -2.41. The Morgan fingerprint density at radius 2 is 1.74 bits per heavy atom. The van der Waals surface area contributed by atoms with E-state index in [0.29, 0.717) is 10.6 Å². The number of carbonyl (C=O) groups excluding carboxylic acids is 2. The minimum atomic E-state index is -0.427. The van der Waals surface area contributed by atoms with Gasteiger partial charge in [0.1, 0.15) is 0 Å². The Balaban J connectivity index is 1.92. The highest BCUT2D eigenvalue weighted by molar-refractivity contribution is 6.31. The molecule has 2 rings (SSSR count). The Labute approximate surface area is 140 Å². The molecule has 23 heavy (non-hydrogen) atoms. The molecule has 0 fully saturated rings. The van der Waals surface area contributed by atoms with Gasteiger partial charge in [-0.15, -0.1) is 0 Å². The number of amides is 2. The maximum atomic E-state index is 12.0. The van der Waals surface area contributed by atoms with Crippen LogP contribution in [0.3, 0.4) is 0 Å². The number of benzene rings is 2. The Hall–Kier alpha value is -2.59. The lowest BCUT2D eigenvalue weighted by molar-refractivity contribution is -0.117. The Morgan fingerprint density at radius 1 is 1.00 bits per heavy atom. The van der Waals surface area contributed by atoms with Crippen molar-refractivity contribution < 1.29 is 9.59 Å². The van der Waals surface area contributed by atoms with Crippen molar-refractivity contribution in [2.24, 2.45) is 0 Å². The van der Waals surface area contributed by atoms with E-state index in [1.54, 1.807) is 24.3 Å². The van der Waals surface area contributed by atoms with Crippen LogP contribution >= 0.6 is 11.6 Å². The van der Waals surface area contributed by atoms with E-state index in [2.05, 4.69) is 10.9 Å². The van der Waals surface area contributed by atoms with Gasteiger partial charge in [0.15, 0.2) is 0 Å². The Kier molecular flexibility index (Phi) is 5.55. The second-order valence-electron chi connectivity index (χ2n) is 5.10. The van der Waals surface area contributed by atoms with E-state index < -0.39 is 5.91 Å². The smallest absolute Gasteiger partial charge is 0.268 e. The van der Waals surface area contributed by atoms with Gasteiger partial charge in [-0.1, -0.05) is 41.9 Å². The minimum Gasteiger partial charge on any atom is -0.268 e. The summed E-state index contributed by atoms with van der Waals surface area (Å²) in [6.07, 6.45) is 2.96. The molecule has 0 atom stereocenters. The number of nitrogens with one attached hydrogen (secondary N) is 2. The van der Waals surface area contributed by atoms with E-state index in [1.807, 2.05) is 38.1 Å². The highest BCUT2D eigenvalue weighted by Crippen LogP contribution is 2.17. The zero-order valence-corrected chi connectivity index (χ0v) is 13.6. The van der Waals surface area contributed by atoms with E-state index in [-0.39, 0.29) is 5.91 Å². The van der Waals surface area contributed by atoms with E-state index in [0.717, 1.165) is 16.7 Å². The first-order valence-corrected chi connectivity index (χ1v) is 7.45. The largest absolute Gasteiger partial charge is 0.269 e. The molecule has 0 radical (unpaired) electrons. The van der Waals surface area contributed by atoms with Crippen molar-refractivity contribution in [3.05, 3.63) is 75.8 Å². The van der Waals surface area contributed by atoms with E-state index in [4.69, 9.17) is 11.6 Å². The molecular formula is C18H17ClN2O2. The van der Waals surface area contributed by atoms with E-state index in [9.17, 15) is 9.59 Å². The molecule has 2 aromatic carbocycles. The Morgan fingerprint density at radius 3 is 2.43 bits per heavy atom. The van der Waals surface area contributed by atoms with Crippen LogP contribution in [-0.2, 0) is 4.79 Å². The van der Waals surface area contributed by atoms with Gasteiger partial charge in [-0.3, -0.25) is 20.4 Å². The average molecular weight is 329 g/mol. The molecule has 118 valence electrons. The molecule has 0 aliphatic heterocycles. The van der Waals surface area contributed by atoms with Crippen LogP contribution in [0.4, 0.5) is 0 Å². The van der Waals surface area contributed by atoms with Crippen molar-refractivity contribution in [2.75, 3.05) is 0 Å². The fourth-order valence-electron chi connectivity index (χ4n) is 1.94. The summed E-state index contributed by atoms with van der Waals surface area (Å²) < 4.78 is 0. The normalized spacial score (nSPS) is 10.6. The van der Waals surface area contributed by atoms with Crippen LogP contribution in [0.25, 0.3) is 6.08 Å². The summed E-state index contributed by atoms with van der Waals surface area (Å²) >= 11 is 6.02. The fraction of sp³-hybridized carbons (Fsp3) is 0.111. The summed E-state index contributed by atoms with van der Waals surface area (Å²) in [5.74, 6) is -0.785. The molecule has 2 N–H and O–H groups in total. The third-order valence-corrected chi connectivity index (χ3v) is 3.72. The van der Waals surface area contributed by atoms with Gasteiger partial charge in [0.2, 0.25) is 0 Å². The van der Waals surface area contributed by atoms with Gasteiger partial charge in [-0.25, -0.2) is 0 Å². The van der Waals surface area contributed by atoms with Crippen molar-refractivity contribution in [3.63, 3.8) is 0 Å². The standard InChI is InChI=1S/C18H17ClN2O2/c1-12-5-3-4-6-15(12)18(23)21-20-17(22)10-9-14-8-7-13(2)16(19)11-14/h3-11H,1-2H3,(H,20,22)(H,21,23)/b10-9+. The van der Waals surface area contributed by atoms with Gasteiger partial charge in [-0.05, 0) is 48.7 Å². The average Bonchev–Trinajstić information content (AvgIpc) is 2.54. The summed E-state index contributed by atoms with van der Waals surface area (Å²) in [5.41, 5.74) is 7.86. The quantitative estimate of drug-likeness (QED) is 0.670. The molecule has 0 saturated heterocycles. The minimum absolute atomic E-state index is 0.358. The third-order valence-electron chi connectivity index (χ3n) is 3.31. The molecule has 0 spiro atoms. The summed E-state index contributed by atoms with van der Waals surface area (Å²) in [4.78, 5) is 23.7. The van der Waals surface area contributed by atoms with Crippen LogP contribution in [0.5, 0.6) is 0 Å². The Bertz CT molecular complexity index is 769. The first-order valence-electron chi connectivity index (χ1n) is 7.07. The molecule has 2 amide bonds. The zero-order valence-electron chi connectivity index (χ0n) is 12.9. The van der Waals surface area contributed by atoms with Crippen LogP contribution in [0.2, 0.25) is 5.02 Å². The van der Waals surface area contributed by atoms with E-state index >= 15 is 0 Å². The van der Waals surface area contributed by atoms with Gasteiger partial charge < -0.3 is 0 Å². The van der Waals surface area contributed by atoms with Crippen molar-refractivity contribution in [3.8, 4) is 0 Å². The summed E-state index contributed by atoms with van der Waals surface area (Å²) in [6.45, 7) is 3.74. The summed E-state index contributed by atoms with van der Waals surface area (Å²) in [6, 6.07) is 12.6. The zero-order chi connectivity index (χ0) is 16.8. The van der Waals surface area contributed by atoms with Crippen LogP contribution in [0.15, 0.2) is 48.5 Å². The molecule has 0 bridgehead atoms. The monoisotopic (exact) mass is 328 g/mol. The van der Waals surface area contributed by atoms with Crippen LogP contribution in [-0.4, -0.2) is 11.8 Å². The highest BCUT2D eigenvalue weighted by Gasteiger charge is 2.08. The van der Waals surface area contributed by atoms with Gasteiger partial charge in [0, 0.05) is 16.7 Å². The maximum Gasteiger partial charge on any atom is 0.269 e. The fourth-order valence-corrected chi connectivity index (χ4v) is 2.13. The number of hydrogen-bond donors (Lipinski definition) is 2. The SMILES string of the molecule is Cc1ccc(/C=C/C(=O)NNC(=O)c2ccccc2C)cc1Cl. The molecule has 0 unspecified atom stereocenters. The predicted octanol–water partition coefficient (Wildman–Crippen LogP) is 3.43. The molecule has 0 aliphatic carbocycles. The lowest BCUT2D eigenvalue weighted by atomic mass is 10.1. The topological polar surface area (TPSA) is 58.2 Å². The second kappa shape index (κ2) is 7.61. The van der Waals surface area contributed by atoms with Crippen molar-refractivity contribution in [1.29, 1.82) is 0 Å². The van der Waals surface area contributed by atoms with Gasteiger partial charge in [0.05, 0.1) is 0 Å². The molecule has 5 heteroatoms. The number of aryl methyl sites for hydroxylation is 2. The summed E-state index contributed by atoms with van der Waals surface area (Å²) in [7, 11) is 0. The number of halogens is 1. The van der Waals surface area contributed by atoms with Crippen LogP contribution < -0.4 is 10.9 Å². The molecule has 0 aliphatic rings. The summed E-state index contributed by atoms with van der Waals surface area (Å²) in [5, 5.41) is 0.639. The van der Waals surface area contributed by atoms with E-state index in [1.165, 1.54) is 6.08 Å². The molecule has 0 saturated carbocycles. The van der Waals surface area contributed by atoms with Gasteiger partial charge >= 0.3 is 0 Å². The van der Waals surface area contributed by atoms with Crippen molar-refractivity contribution >= 4 is 29.5 Å². The third kappa shape index (κ3) is 4.69. The second-order valence-corrected chi connectivity index (χ2v) is 5.51. The first kappa shape index (κ1) is 16.8. The number of rotatable bonds is 3. The first-order chi connectivity index (χ1) is 11.0. The molecule has 0 aromatic heterocycles. The molecule has 0 heterocycles. The molecular weight excluding hydrogens is 312 g/mol. The predicted molar refractivity (Wildman–Crippen MR) is 92.0 cm³/mol. The number of carbonyl (C=O) groups is 2. The lowest BCUT2D eigenvalue weighted by Gasteiger charge is -2.07. The van der Waals surface area contributed by atoms with Gasteiger partial charge in [0.25, 0.3) is 11.8 Å². The highest BCUT2D eigenvalue weighted by atomic mass is 35.5. The maximum absolute atomic E-state index is 12.0. The van der Waals surface area contributed by atoms with Crippen LogP contribution in [0, 0.1) is 13.8 Å². The number of hydrazine groups is 1. The number of hydrogen-bond acceptors (Lipinski definition) is 2. The molecule has 2 aromatic rings. The van der Waals surface area contributed by atoms with Crippen molar-refractivity contribution in [2.45, 2.75) is 13.8 Å². The molecule has 4 nitrogen and oxygen atoms in total. The van der Waals surface area contributed by atoms with Crippen molar-refractivity contribution in [1.82, 2.24) is 10.9 Å². The van der Waals surface area contributed by atoms with Gasteiger partial charge in [-0.2, -0.15) is 0 Å². The van der Waals surface area contributed by atoms with Crippen LogP contribution in [0.1, 0.15) is 27.0 Å².